The van der Waals surface area contributed by atoms with Crippen molar-refractivity contribution in [2.24, 2.45) is 0 Å². The second-order valence-electron chi connectivity index (χ2n) is 3.61. The molecule has 0 aliphatic carbocycles. The third-order valence-corrected chi connectivity index (χ3v) is 4.48. The predicted octanol–water partition coefficient (Wildman–Crippen LogP) is 4.84. The van der Waals surface area contributed by atoms with Crippen molar-refractivity contribution in [3.05, 3.63) is 34.4 Å². The largest absolute Gasteiger partial charge is 0.465 e. The van der Waals surface area contributed by atoms with Gasteiger partial charge in [0.25, 0.3) is 0 Å². The molecule has 0 saturated heterocycles. The molecule has 0 radical (unpaired) electrons. The van der Waals surface area contributed by atoms with Gasteiger partial charge in [-0.2, -0.15) is 0 Å². The minimum Gasteiger partial charge on any atom is -0.465 e. The first-order valence-electron chi connectivity index (χ1n) is 5.24. The maximum atomic E-state index is 11.8. The zero-order valence-corrected chi connectivity index (χ0v) is 16.8. The van der Waals surface area contributed by atoms with Gasteiger partial charge in [0.05, 0.1) is 32.8 Å². The van der Waals surface area contributed by atoms with Gasteiger partial charge >= 0.3 is 11.9 Å². The summed E-state index contributed by atoms with van der Waals surface area (Å²) in [5.74, 6) is -1.20. The lowest BCUT2D eigenvalue weighted by Crippen LogP contribution is -2.14. The van der Waals surface area contributed by atoms with Crippen molar-refractivity contribution in [3.63, 3.8) is 0 Å². The number of halogens is 4. The molecule has 0 aliphatic heterocycles. The van der Waals surface area contributed by atoms with E-state index in [-0.39, 0.29) is 18.6 Å². The Balaban J connectivity index is 3.60. The Morgan fingerprint density at radius 3 is 1.35 bits per heavy atom. The number of hydrogen-bond acceptors (Lipinski definition) is 4. The van der Waals surface area contributed by atoms with Crippen molar-refractivity contribution in [1.29, 1.82) is 0 Å². The van der Waals surface area contributed by atoms with Crippen LogP contribution in [0.25, 0.3) is 0 Å². The van der Waals surface area contributed by atoms with Crippen molar-refractivity contribution < 1.29 is 19.1 Å². The van der Waals surface area contributed by atoms with Gasteiger partial charge in [-0.25, -0.2) is 9.59 Å². The number of methoxy groups -OCH3 is 2. The van der Waals surface area contributed by atoms with Gasteiger partial charge in [-0.15, -0.1) is 0 Å². The summed E-state index contributed by atoms with van der Waals surface area (Å²) >= 11 is 13.6. The van der Waals surface area contributed by atoms with Crippen molar-refractivity contribution in [2.45, 2.75) is 7.47 Å². The number of carbonyl (C=O) groups is 2. The van der Waals surface area contributed by atoms with Crippen molar-refractivity contribution >= 4 is 75.7 Å². The molecule has 0 amide bonds. The molecule has 4 nitrogen and oxygen atoms in total. The van der Waals surface area contributed by atoms with Crippen LogP contribution in [0.2, 0.25) is 0 Å². The summed E-state index contributed by atoms with van der Waals surface area (Å²) in [7, 11) is 2.52. The van der Waals surface area contributed by atoms with Crippen LogP contribution in [0.3, 0.4) is 0 Å². The Morgan fingerprint density at radius 1 is 0.850 bits per heavy atom. The third kappa shape index (κ3) is 4.05. The highest BCUT2D eigenvalue weighted by Gasteiger charge is 2.24. The lowest BCUT2D eigenvalue weighted by molar-refractivity contribution is 0.0555. The standard InChI is InChI=1S/C12H10Br4O4/c1-19-11(17)7-3-5(9(13)14)6(10(15)16)4-8(7)12(18)20-2/h3-4,9-10H,1-2H3. The Hall–Kier alpha value is 0.0800. The Labute approximate surface area is 150 Å². The summed E-state index contributed by atoms with van der Waals surface area (Å²) < 4.78 is 9.05. The first-order valence-corrected chi connectivity index (χ1v) is 8.90. The van der Waals surface area contributed by atoms with Gasteiger partial charge in [0.1, 0.15) is 0 Å². The molecule has 1 rings (SSSR count). The summed E-state index contributed by atoms with van der Waals surface area (Å²) in [6.07, 6.45) is 0. The van der Waals surface area contributed by atoms with Crippen LogP contribution in [0, 0.1) is 0 Å². The van der Waals surface area contributed by atoms with E-state index in [4.69, 9.17) is 9.47 Å². The fourth-order valence-electron chi connectivity index (χ4n) is 1.57. The topological polar surface area (TPSA) is 52.6 Å². The summed E-state index contributed by atoms with van der Waals surface area (Å²) in [5.41, 5.74) is 1.89. The summed E-state index contributed by atoms with van der Waals surface area (Å²) in [6.45, 7) is 0. The molecule has 1 aromatic carbocycles. The molecule has 0 N–H and O–H groups in total. The molecule has 1 aromatic rings. The summed E-state index contributed by atoms with van der Waals surface area (Å²) in [5, 5.41) is 0. The smallest absolute Gasteiger partial charge is 0.338 e. The van der Waals surface area contributed by atoms with Crippen LogP contribution in [0.1, 0.15) is 39.3 Å². The number of benzene rings is 1. The van der Waals surface area contributed by atoms with E-state index in [0.29, 0.717) is 0 Å². The quantitative estimate of drug-likeness (QED) is 0.408. The van der Waals surface area contributed by atoms with Crippen LogP contribution >= 0.6 is 63.7 Å². The highest BCUT2D eigenvalue weighted by molar-refractivity contribution is 9.24. The molecule has 110 valence electrons. The van der Waals surface area contributed by atoms with E-state index in [2.05, 4.69) is 63.7 Å². The Bertz CT molecular complexity index is 481. The van der Waals surface area contributed by atoms with E-state index >= 15 is 0 Å². The fourth-order valence-corrected chi connectivity index (χ4v) is 3.15. The van der Waals surface area contributed by atoms with Crippen LogP contribution in [0.5, 0.6) is 0 Å². The molecule has 0 aliphatic rings. The maximum Gasteiger partial charge on any atom is 0.338 e. The first kappa shape index (κ1) is 18.1. The van der Waals surface area contributed by atoms with E-state index in [0.717, 1.165) is 11.1 Å². The normalized spacial score (nSPS) is 10.8. The number of esters is 2. The lowest BCUT2D eigenvalue weighted by Gasteiger charge is -2.16. The average molecular weight is 538 g/mol. The molecule has 0 spiro atoms. The van der Waals surface area contributed by atoms with Gasteiger partial charge in [0, 0.05) is 0 Å². The zero-order valence-electron chi connectivity index (χ0n) is 10.5. The molecular weight excluding hydrogens is 528 g/mol. The zero-order chi connectivity index (χ0) is 15.4. The van der Waals surface area contributed by atoms with E-state index < -0.39 is 11.9 Å². The van der Waals surface area contributed by atoms with Gasteiger partial charge in [0.2, 0.25) is 0 Å². The Kier molecular flexibility index (Phi) is 7.17. The fraction of sp³-hybridized carbons (Fsp3) is 0.333. The van der Waals surface area contributed by atoms with E-state index in [1.54, 1.807) is 12.1 Å². The van der Waals surface area contributed by atoms with Crippen molar-refractivity contribution in [2.75, 3.05) is 14.2 Å². The van der Waals surface area contributed by atoms with Gasteiger partial charge in [-0.05, 0) is 23.3 Å². The SMILES string of the molecule is COC(=O)c1cc(C(Br)Br)c(C(Br)Br)cc1C(=O)OC. The molecule has 0 unspecified atom stereocenters. The van der Waals surface area contributed by atoms with Gasteiger partial charge < -0.3 is 9.47 Å². The van der Waals surface area contributed by atoms with Crippen molar-refractivity contribution in [3.8, 4) is 0 Å². The van der Waals surface area contributed by atoms with Gasteiger partial charge in [0.15, 0.2) is 0 Å². The molecule has 0 saturated carbocycles. The van der Waals surface area contributed by atoms with Crippen LogP contribution in [0.15, 0.2) is 12.1 Å². The van der Waals surface area contributed by atoms with E-state index in [9.17, 15) is 9.59 Å². The molecule has 8 heteroatoms. The lowest BCUT2D eigenvalue weighted by atomic mass is 10.00. The number of carbonyl (C=O) groups excluding carboxylic acids is 2. The molecule has 20 heavy (non-hydrogen) atoms. The van der Waals surface area contributed by atoms with Crippen LogP contribution in [-0.4, -0.2) is 26.2 Å². The van der Waals surface area contributed by atoms with E-state index in [1.165, 1.54) is 14.2 Å². The minimum atomic E-state index is -0.598. The van der Waals surface area contributed by atoms with E-state index in [1.807, 2.05) is 0 Å². The molecule has 0 bridgehead atoms. The number of alkyl halides is 4. The second kappa shape index (κ2) is 7.91. The summed E-state index contributed by atoms with van der Waals surface area (Å²) in [4.78, 5) is 23.7. The average Bonchev–Trinajstić information content (AvgIpc) is 2.43. The summed E-state index contributed by atoms with van der Waals surface area (Å²) in [6, 6.07) is 3.19. The van der Waals surface area contributed by atoms with Crippen LogP contribution in [0.4, 0.5) is 0 Å². The van der Waals surface area contributed by atoms with Gasteiger partial charge in [-0.3, -0.25) is 0 Å². The number of hydrogen-bond donors (Lipinski definition) is 0. The first-order chi connectivity index (χ1) is 9.33. The molecule has 0 fully saturated rings. The van der Waals surface area contributed by atoms with Crippen LogP contribution < -0.4 is 0 Å². The Morgan fingerprint density at radius 2 is 1.15 bits per heavy atom. The highest BCUT2D eigenvalue weighted by Crippen LogP contribution is 2.41. The predicted molar refractivity (Wildman–Crippen MR) is 90.3 cm³/mol. The highest BCUT2D eigenvalue weighted by atomic mass is 79.9. The number of rotatable bonds is 4. The maximum absolute atomic E-state index is 11.8. The monoisotopic (exact) mass is 534 g/mol. The van der Waals surface area contributed by atoms with Crippen LogP contribution in [-0.2, 0) is 9.47 Å². The molecule has 0 atom stereocenters. The minimum absolute atomic E-state index is 0.155. The molecule has 0 heterocycles. The molecular formula is C12H10Br4O4. The van der Waals surface area contributed by atoms with Crippen molar-refractivity contribution in [1.82, 2.24) is 0 Å². The number of ether oxygens (including phenoxy) is 2. The third-order valence-electron chi connectivity index (χ3n) is 2.50. The van der Waals surface area contributed by atoms with Gasteiger partial charge in [-0.1, -0.05) is 63.7 Å². The molecule has 0 aromatic heterocycles. The second-order valence-corrected chi connectivity index (χ2v) is 9.73.